The first-order valence-corrected chi connectivity index (χ1v) is 6.58. The molecule has 3 nitrogen and oxygen atoms in total. The third-order valence-electron chi connectivity index (χ3n) is 2.68. The van der Waals surface area contributed by atoms with Crippen molar-refractivity contribution in [3.8, 4) is 17.6 Å². The number of nitrogens with zero attached hydrogens (tertiary/aromatic N) is 1. The number of halogens is 2. The maximum Gasteiger partial charge on any atom is 0.137 e. The van der Waals surface area contributed by atoms with E-state index in [9.17, 15) is 4.39 Å². The van der Waals surface area contributed by atoms with E-state index in [2.05, 4.69) is 22.0 Å². The van der Waals surface area contributed by atoms with Crippen LogP contribution in [-0.4, -0.2) is 7.11 Å². The summed E-state index contributed by atoms with van der Waals surface area (Å²) in [5, 5.41) is 9.01. The van der Waals surface area contributed by atoms with E-state index >= 15 is 0 Å². The summed E-state index contributed by atoms with van der Waals surface area (Å²) in [6.45, 7) is 0.288. The van der Waals surface area contributed by atoms with E-state index in [0.717, 1.165) is 5.56 Å². The maximum absolute atomic E-state index is 13.1. The quantitative estimate of drug-likeness (QED) is 0.846. The zero-order valence-electron chi connectivity index (χ0n) is 10.7. The Labute approximate surface area is 124 Å². The fraction of sp³-hybridized carbons (Fsp3) is 0.133. The standard InChI is InChI=1S/C15H11BrFNO2/c1-19-15-5-2-10(6-11(15)8-18)9-20-12-3-4-14(17)13(16)7-12/h2-7H,9H2,1H3. The van der Waals surface area contributed by atoms with Crippen molar-refractivity contribution in [3.05, 3.63) is 57.8 Å². The van der Waals surface area contributed by atoms with Gasteiger partial charge in [0.15, 0.2) is 0 Å². The van der Waals surface area contributed by atoms with Gasteiger partial charge in [0.25, 0.3) is 0 Å². The van der Waals surface area contributed by atoms with Crippen LogP contribution in [0, 0.1) is 17.1 Å². The topological polar surface area (TPSA) is 42.2 Å². The summed E-state index contributed by atoms with van der Waals surface area (Å²) in [6, 6.07) is 11.7. The molecule has 0 aliphatic carbocycles. The fourth-order valence-electron chi connectivity index (χ4n) is 1.67. The molecule has 0 unspecified atom stereocenters. The summed E-state index contributed by atoms with van der Waals surface area (Å²) in [6.07, 6.45) is 0. The number of hydrogen-bond donors (Lipinski definition) is 0. The molecular weight excluding hydrogens is 325 g/mol. The van der Waals surface area contributed by atoms with Crippen LogP contribution in [0.5, 0.6) is 11.5 Å². The second-order valence-corrected chi connectivity index (χ2v) is 4.87. The van der Waals surface area contributed by atoms with Crippen LogP contribution < -0.4 is 9.47 Å². The number of ether oxygens (including phenoxy) is 2. The number of hydrogen-bond acceptors (Lipinski definition) is 3. The first-order chi connectivity index (χ1) is 9.63. The molecule has 0 bridgehead atoms. The Morgan fingerprint density at radius 1 is 1.25 bits per heavy atom. The molecule has 0 saturated heterocycles. The molecule has 20 heavy (non-hydrogen) atoms. The minimum Gasteiger partial charge on any atom is -0.495 e. The SMILES string of the molecule is COc1ccc(COc2ccc(F)c(Br)c2)cc1C#N. The smallest absolute Gasteiger partial charge is 0.137 e. The van der Waals surface area contributed by atoms with Gasteiger partial charge in [-0.1, -0.05) is 6.07 Å². The Balaban J connectivity index is 2.11. The third kappa shape index (κ3) is 3.28. The zero-order valence-corrected chi connectivity index (χ0v) is 12.3. The van der Waals surface area contributed by atoms with E-state index in [1.807, 2.05) is 6.07 Å². The van der Waals surface area contributed by atoms with Crippen LogP contribution in [0.2, 0.25) is 0 Å². The molecule has 5 heteroatoms. The molecule has 2 aromatic carbocycles. The lowest BCUT2D eigenvalue weighted by molar-refractivity contribution is 0.305. The van der Waals surface area contributed by atoms with E-state index in [1.165, 1.54) is 13.2 Å². The van der Waals surface area contributed by atoms with Crippen molar-refractivity contribution < 1.29 is 13.9 Å². The molecule has 0 radical (unpaired) electrons. The van der Waals surface area contributed by atoms with E-state index < -0.39 is 0 Å². The van der Waals surface area contributed by atoms with Gasteiger partial charge in [-0.05, 0) is 51.8 Å². The van der Waals surface area contributed by atoms with Crippen LogP contribution >= 0.6 is 15.9 Å². The first-order valence-electron chi connectivity index (χ1n) is 5.79. The van der Waals surface area contributed by atoms with Crippen molar-refractivity contribution in [2.24, 2.45) is 0 Å². The summed E-state index contributed by atoms with van der Waals surface area (Å²) in [5.41, 5.74) is 1.29. The van der Waals surface area contributed by atoms with Crippen molar-refractivity contribution in [2.75, 3.05) is 7.11 Å². The van der Waals surface area contributed by atoms with Crippen LogP contribution in [-0.2, 0) is 6.61 Å². The van der Waals surface area contributed by atoms with Crippen molar-refractivity contribution in [2.45, 2.75) is 6.61 Å². The Morgan fingerprint density at radius 2 is 2.05 bits per heavy atom. The average Bonchev–Trinajstić information content (AvgIpc) is 2.48. The van der Waals surface area contributed by atoms with E-state index in [1.54, 1.807) is 24.3 Å². The molecule has 2 aromatic rings. The van der Waals surface area contributed by atoms with Crippen LogP contribution in [0.15, 0.2) is 40.9 Å². The van der Waals surface area contributed by atoms with Gasteiger partial charge in [-0.2, -0.15) is 5.26 Å². The average molecular weight is 336 g/mol. The molecular formula is C15H11BrFNO2. The van der Waals surface area contributed by atoms with Crippen molar-refractivity contribution in [1.82, 2.24) is 0 Å². The van der Waals surface area contributed by atoms with Crippen LogP contribution in [0.1, 0.15) is 11.1 Å². The molecule has 0 atom stereocenters. The molecule has 0 aromatic heterocycles. The highest BCUT2D eigenvalue weighted by Gasteiger charge is 2.05. The Hall–Kier alpha value is -2.06. The summed E-state index contributed by atoms with van der Waals surface area (Å²) in [5.74, 6) is 0.738. The predicted molar refractivity (Wildman–Crippen MR) is 76.1 cm³/mol. The number of methoxy groups -OCH3 is 1. The zero-order chi connectivity index (χ0) is 14.5. The normalized spacial score (nSPS) is 9.90. The minimum atomic E-state index is -0.339. The Bertz CT molecular complexity index is 667. The van der Waals surface area contributed by atoms with E-state index in [4.69, 9.17) is 14.7 Å². The Morgan fingerprint density at radius 3 is 2.70 bits per heavy atom. The van der Waals surface area contributed by atoms with Gasteiger partial charge in [0.2, 0.25) is 0 Å². The van der Waals surface area contributed by atoms with Gasteiger partial charge >= 0.3 is 0 Å². The molecule has 102 valence electrons. The maximum atomic E-state index is 13.1. The van der Waals surface area contributed by atoms with Crippen molar-refractivity contribution in [3.63, 3.8) is 0 Å². The number of benzene rings is 2. The lowest BCUT2D eigenvalue weighted by atomic mass is 10.1. The molecule has 0 aliphatic rings. The highest BCUT2D eigenvalue weighted by molar-refractivity contribution is 9.10. The summed E-state index contributed by atoms with van der Waals surface area (Å²) in [7, 11) is 1.52. The molecule has 2 rings (SSSR count). The summed E-state index contributed by atoms with van der Waals surface area (Å²) < 4.78 is 24.1. The van der Waals surface area contributed by atoms with E-state index in [0.29, 0.717) is 21.5 Å². The van der Waals surface area contributed by atoms with Crippen LogP contribution in [0.25, 0.3) is 0 Å². The molecule has 0 fully saturated rings. The van der Waals surface area contributed by atoms with Crippen molar-refractivity contribution in [1.29, 1.82) is 5.26 Å². The molecule has 0 saturated carbocycles. The van der Waals surface area contributed by atoms with E-state index in [-0.39, 0.29) is 12.4 Å². The second-order valence-electron chi connectivity index (χ2n) is 4.01. The highest BCUT2D eigenvalue weighted by atomic mass is 79.9. The molecule has 0 heterocycles. The predicted octanol–water partition coefficient (Wildman–Crippen LogP) is 4.05. The summed E-state index contributed by atoms with van der Waals surface area (Å²) >= 11 is 3.10. The van der Waals surface area contributed by atoms with Gasteiger partial charge in [0.05, 0.1) is 17.1 Å². The third-order valence-corrected chi connectivity index (χ3v) is 3.29. The van der Waals surface area contributed by atoms with Gasteiger partial charge in [-0.3, -0.25) is 0 Å². The Kier molecular flexibility index (Phi) is 4.59. The van der Waals surface area contributed by atoms with Crippen LogP contribution in [0.4, 0.5) is 4.39 Å². The van der Waals surface area contributed by atoms with Gasteiger partial charge < -0.3 is 9.47 Å². The highest BCUT2D eigenvalue weighted by Crippen LogP contribution is 2.23. The van der Waals surface area contributed by atoms with Gasteiger partial charge in [0, 0.05) is 0 Å². The first kappa shape index (κ1) is 14.4. The van der Waals surface area contributed by atoms with Gasteiger partial charge in [-0.15, -0.1) is 0 Å². The minimum absolute atomic E-state index is 0.288. The van der Waals surface area contributed by atoms with Crippen molar-refractivity contribution >= 4 is 15.9 Å². The monoisotopic (exact) mass is 335 g/mol. The number of rotatable bonds is 4. The van der Waals surface area contributed by atoms with Gasteiger partial charge in [-0.25, -0.2) is 4.39 Å². The largest absolute Gasteiger partial charge is 0.495 e. The van der Waals surface area contributed by atoms with Crippen LogP contribution in [0.3, 0.4) is 0 Å². The molecule has 0 amide bonds. The molecule has 0 aliphatic heterocycles. The number of nitriles is 1. The summed E-state index contributed by atoms with van der Waals surface area (Å²) in [4.78, 5) is 0. The van der Waals surface area contributed by atoms with Gasteiger partial charge in [0.1, 0.15) is 30.0 Å². The fourth-order valence-corrected chi connectivity index (χ4v) is 2.02. The lowest BCUT2D eigenvalue weighted by Crippen LogP contribution is -1.97. The molecule has 0 spiro atoms. The second kappa shape index (κ2) is 6.40. The lowest BCUT2D eigenvalue weighted by Gasteiger charge is -2.09. The molecule has 0 N–H and O–H groups in total.